The summed E-state index contributed by atoms with van der Waals surface area (Å²) in [4.78, 5) is 12.8. The van der Waals surface area contributed by atoms with Gasteiger partial charge in [0.25, 0.3) is 0 Å². The summed E-state index contributed by atoms with van der Waals surface area (Å²) in [5.74, 6) is -0.311. The van der Waals surface area contributed by atoms with Crippen LogP contribution >= 0.6 is 0 Å². The molecular formula is C50H96O9. The van der Waals surface area contributed by atoms with Gasteiger partial charge in [0, 0.05) is 13.0 Å². The molecule has 9 heteroatoms. The molecule has 1 aliphatic heterocycles. The molecule has 0 saturated carbocycles. The number of unbranched alkanes of at least 4 members (excludes halogenated alkanes) is 31. The van der Waals surface area contributed by atoms with Crippen molar-refractivity contribution in [3.63, 3.8) is 0 Å². The number of aliphatic hydroxyl groups is 4. The number of hydrogen-bond donors (Lipinski definition) is 4. The van der Waals surface area contributed by atoms with Gasteiger partial charge in [0.15, 0.2) is 6.29 Å². The second-order valence-electron chi connectivity index (χ2n) is 17.6. The van der Waals surface area contributed by atoms with Gasteiger partial charge in [-0.3, -0.25) is 4.79 Å². The molecule has 59 heavy (non-hydrogen) atoms. The maximum absolute atomic E-state index is 12.8. The second-order valence-corrected chi connectivity index (χ2v) is 17.6. The molecule has 0 radical (unpaired) electrons. The van der Waals surface area contributed by atoms with Crippen molar-refractivity contribution in [2.24, 2.45) is 0 Å². The van der Waals surface area contributed by atoms with Gasteiger partial charge in [0.1, 0.15) is 30.5 Å². The lowest BCUT2D eigenvalue weighted by molar-refractivity contribution is -0.305. The van der Waals surface area contributed by atoms with Crippen LogP contribution in [0.25, 0.3) is 0 Å². The maximum Gasteiger partial charge on any atom is 0.306 e. The van der Waals surface area contributed by atoms with Gasteiger partial charge in [-0.1, -0.05) is 212 Å². The molecule has 0 amide bonds. The molecule has 1 saturated heterocycles. The Morgan fingerprint density at radius 1 is 0.525 bits per heavy atom. The molecule has 4 N–H and O–H groups in total. The Morgan fingerprint density at radius 3 is 1.44 bits per heavy atom. The fourth-order valence-corrected chi connectivity index (χ4v) is 7.97. The van der Waals surface area contributed by atoms with Crippen LogP contribution in [0.2, 0.25) is 0 Å². The molecule has 1 aliphatic rings. The van der Waals surface area contributed by atoms with Gasteiger partial charge in [-0.2, -0.15) is 0 Å². The smallest absolute Gasteiger partial charge is 0.306 e. The van der Waals surface area contributed by atoms with E-state index in [2.05, 4.69) is 26.0 Å². The fraction of sp³-hybridized carbons (Fsp3) is 0.940. The first-order chi connectivity index (χ1) is 28.9. The van der Waals surface area contributed by atoms with Crippen LogP contribution in [0.1, 0.15) is 239 Å². The number of aliphatic hydroxyl groups excluding tert-OH is 4. The van der Waals surface area contributed by atoms with E-state index in [0.717, 1.165) is 38.5 Å². The Morgan fingerprint density at radius 2 is 0.966 bits per heavy atom. The molecule has 0 aliphatic carbocycles. The third-order valence-corrected chi connectivity index (χ3v) is 11.9. The number of ether oxygens (including phenoxy) is 4. The standard InChI is InChI=1S/C50H96O9/c1-3-5-7-9-11-13-15-16-17-18-19-20-21-22-23-24-25-26-27-28-29-31-33-35-37-39-46(52)58-44(43-57-50-49(55)48(54)47(53)45(41-51)59-50)42-56-40-38-36-34-32-30-14-12-10-8-6-4-2/h8,10,44-45,47-51,53-55H,3-7,9,11-43H2,1-2H3/b10-8-. The first-order valence-corrected chi connectivity index (χ1v) is 25.3. The van der Waals surface area contributed by atoms with Crippen LogP contribution in [-0.2, 0) is 23.7 Å². The zero-order chi connectivity index (χ0) is 42.9. The summed E-state index contributed by atoms with van der Waals surface area (Å²) in [7, 11) is 0. The van der Waals surface area contributed by atoms with Gasteiger partial charge in [0.2, 0.25) is 0 Å². The van der Waals surface area contributed by atoms with E-state index in [1.54, 1.807) is 0 Å². The largest absolute Gasteiger partial charge is 0.457 e. The Labute approximate surface area is 363 Å². The van der Waals surface area contributed by atoms with Crippen molar-refractivity contribution in [1.29, 1.82) is 0 Å². The molecule has 1 fully saturated rings. The molecule has 0 aromatic carbocycles. The van der Waals surface area contributed by atoms with Gasteiger partial charge in [-0.25, -0.2) is 0 Å². The zero-order valence-electron chi connectivity index (χ0n) is 38.5. The van der Waals surface area contributed by atoms with Gasteiger partial charge in [-0.05, 0) is 32.1 Å². The number of hydrogen-bond acceptors (Lipinski definition) is 9. The highest BCUT2D eigenvalue weighted by Gasteiger charge is 2.44. The summed E-state index contributed by atoms with van der Waals surface area (Å²) in [6.07, 6.45) is 41.2. The second kappa shape index (κ2) is 42.2. The molecule has 0 bridgehead atoms. The van der Waals surface area contributed by atoms with E-state index in [4.69, 9.17) is 18.9 Å². The van der Waals surface area contributed by atoms with Crippen LogP contribution in [0.5, 0.6) is 0 Å². The average Bonchev–Trinajstić information content (AvgIpc) is 3.24. The van der Waals surface area contributed by atoms with E-state index < -0.39 is 43.4 Å². The average molecular weight is 841 g/mol. The third kappa shape index (κ3) is 33.2. The van der Waals surface area contributed by atoms with E-state index in [1.165, 1.54) is 180 Å². The number of carbonyl (C=O) groups is 1. The third-order valence-electron chi connectivity index (χ3n) is 11.9. The Bertz CT molecular complexity index is 915. The lowest BCUT2D eigenvalue weighted by atomic mass is 9.99. The van der Waals surface area contributed by atoms with Gasteiger partial charge < -0.3 is 39.4 Å². The van der Waals surface area contributed by atoms with Crippen molar-refractivity contribution in [2.75, 3.05) is 26.4 Å². The molecule has 0 aromatic rings. The van der Waals surface area contributed by atoms with Crippen molar-refractivity contribution < 1.29 is 44.2 Å². The topological polar surface area (TPSA) is 135 Å². The number of carbonyl (C=O) groups excluding carboxylic acids is 1. The van der Waals surface area contributed by atoms with Gasteiger partial charge in [0.05, 0.1) is 19.8 Å². The first kappa shape index (κ1) is 55.9. The summed E-state index contributed by atoms with van der Waals surface area (Å²) in [5, 5.41) is 40.1. The zero-order valence-corrected chi connectivity index (χ0v) is 38.5. The molecule has 9 nitrogen and oxygen atoms in total. The predicted molar refractivity (Wildman–Crippen MR) is 243 cm³/mol. The minimum absolute atomic E-state index is 0.111. The van der Waals surface area contributed by atoms with Crippen LogP contribution in [0, 0.1) is 0 Å². The Kier molecular flexibility index (Phi) is 40.1. The molecule has 1 heterocycles. The van der Waals surface area contributed by atoms with E-state index in [-0.39, 0.29) is 19.2 Å². The molecular weight excluding hydrogens is 745 g/mol. The summed E-state index contributed by atoms with van der Waals surface area (Å²) in [6, 6.07) is 0. The van der Waals surface area contributed by atoms with Crippen molar-refractivity contribution >= 4 is 5.97 Å². The van der Waals surface area contributed by atoms with E-state index >= 15 is 0 Å². The summed E-state index contributed by atoms with van der Waals surface area (Å²) in [6.45, 7) is 4.53. The van der Waals surface area contributed by atoms with Crippen LogP contribution in [-0.4, -0.2) is 89.6 Å². The van der Waals surface area contributed by atoms with Gasteiger partial charge >= 0.3 is 5.97 Å². The maximum atomic E-state index is 12.8. The molecule has 350 valence electrons. The van der Waals surface area contributed by atoms with E-state index in [9.17, 15) is 25.2 Å². The molecule has 1 rings (SSSR count). The molecule has 0 aromatic heterocycles. The fourth-order valence-electron chi connectivity index (χ4n) is 7.97. The van der Waals surface area contributed by atoms with E-state index in [0.29, 0.717) is 13.0 Å². The predicted octanol–water partition coefficient (Wildman–Crippen LogP) is 12.0. The normalized spacial score (nSPS) is 20.1. The van der Waals surface area contributed by atoms with Gasteiger partial charge in [-0.15, -0.1) is 0 Å². The monoisotopic (exact) mass is 841 g/mol. The lowest BCUT2D eigenvalue weighted by Crippen LogP contribution is -2.59. The quantitative estimate of drug-likeness (QED) is 0.0269. The minimum Gasteiger partial charge on any atom is -0.457 e. The van der Waals surface area contributed by atoms with Crippen molar-refractivity contribution in [2.45, 2.75) is 275 Å². The van der Waals surface area contributed by atoms with Crippen LogP contribution in [0.3, 0.4) is 0 Å². The Balaban J connectivity index is 2.12. The van der Waals surface area contributed by atoms with Crippen LogP contribution in [0.15, 0.2) is 12.2 Å². The first-order valence-electron chi connectivity index (χ1n) is 25.3. The summed E-state index contributed by atoms with van der Waals surface area (Å²) >= 11 is 0. The van der Waals surface area contributed by atoms with Crippen LogP contribution in [0.4, 0.5) is 0 Å². The van der Waals surface area contributed by atoms with Crippen molar-refractivity contribution in [1.82, 2.24) is 0 Å². The summed E-state index contributed by atoms with van der Waals surface area (Å²) < 4.78 is 22.8. The number of allylic oxidation sites excluding steroid dienone is 2. The Hall–Kier alpha value is -1.07. The molecule has 6 atom stereocenters. The number of esters is 1. The SMILES string of the molecule is CCC/C=C\CCCCCCCCOCC(COC1OC(CO)C(O)C(O)C1O)OC(=O)CCCCCCCCCCCCCCCCCCCCCCCCCCC. The molecule has 0 spiro atoms. The van der Waals surface area contributed by atoms with E-state index in [1.807, 2.05) is 0 Å². The molecule has 6 unspecified atom stereocenters. The minimum atomic E-state index is -1.53. The number of rotatable bonds is 44. The highest BCUT2D eigenvalue weighted by Crippen LogP contribution is 2.23. The highest BCUT2D eigenvalue weighted by atomic mass is 16.7. The van der Waals surface area contributed by atoms with Crippen molar-refractivity contribution in [3.05, 3.63) is 12.2 Å². The highest BCUT2D eigenvalue weighted by molar-refractivity contribution is 5.69. The van der Waals surface area contributed by atoms with Crippen molar-refractivity contribution in [3.8, 4) is 0 Å². The summed E-state index contributed by atoms with van der Waals surface area (Å²) in [5.41, 5.74) is 0. The lowest BCUT2D eigenvalue weighted by Gasteiger charge is -2.39. The van der Waals surface area contributed by atoms with Crippen LogP contribution < -0.4 is 0 Å².